The van der Waals surface area contributed by atoms with E-state index in [-0.39, 0.29) is 54.4 Å². The summed E-state index contributed by atoms with van der Waals surface area (Å²) in [6.45, 7) is -0.274. The largest absolute Gasteiger partial charge is 0.508 e. The highest BCUT2D eigenvalue weighted by molar-refractivity contribution is 5.43. The highest BCUT2D eigenvalue weighted by atomic mass is 19.4. The Morgan fingerprint density at radius 2 is 1.28 bits per heavy atom. The van der Waals surface area contributed by atoms with E-state index in [0.717, 1.165) is 6.07 Å². The molecule has 204 valence electrons. The van der Waals surface area contributed by atoms with Crippen LogP contribution >= 0.6 is 0 Å². The molecule has 4 aromatic rings. The van der Waals surface area contributed by atoms with E-state index in [2.05, 4.69) is 0 Å². The zero-order valence-electron chi connectivity index (χ0n) is 20.6. The number of rotatable bonds is 11. The molecule has 1 N–H and O–H groups in total. The number of hydrogen-bond acceptors (Lipinski definition) is 4. The van der Waals surface area contributed by atoms with Gasteiger partial charge >= 0.3 is 6.18 Å². The molecule has 0 aliphatic rings. The van der Waals surface area contributed by atoms with E-state index in [1.165, 1.54) is 60.7 Å². The van der Waals surface area contributed by atoms with Crippen molar-refractivity contribution in [1.82, 2.24) is 0 Å². The summed E-state index contributed by atoms with van der Waals surface area (Å²) < 4.78 is 86.6. The molecule has 4 nitrogen and oxygen atoms in total. The van der Waals surface area contributed by atoms with Gasteiger partial charge in [-0.15, -0.1) is 0 Å². The second-order valence-electron chi connectivity index (χ2n) is 8.70. The molecule has 0 spiro atoms. The van der Waals surface area contributed by atoms with Crippen LogP contribution in [0.5, 0.6) is 17.2 Å². The summed E-state index contributed by atoms with van der Waals surface area (Å²) in [5.74, 6) is -1.24. The smallest absolute Gasteiger partial charge is 0.419 e. The summed E-state index contributed by atoms with van der Waals surface area (Å²) in [5.41, 5.74) is -0.0577. The Hall–Kier alpha value is -3.95. The summed E-state index contributed by atoms with van der Waals surface area (Å²) in [6, 6.07) is 21.1. The van der Waals surface area contributed by atoms with E-state index in [1.54, 1.807) is 24.3 Å². The maximum atomic E-state index is 14.1. The number of benzene rings is 4. The van der Waals surface area contributed by atoms with E-state index in [1.807, 2.05) is 0 Å². The van der Waals surface area contributed by atoms with Gasteiger partial charge in [-0.3, -0.25) is 0 Å². The SMILES string of the molecule is Oc1ccc(Oc2ccc(CCC(OCc3ccccc3F)OCc3ccccc3F)cc2C(F)(F)F)cc1. The molecule has 0 aromatic heterocycles. The van der Waals surface area contributed by atoms with Crippen LogP contribution in [0.1, 0.15) is 28.7 Å². The van der Waals surface area contributed by atoms with Crippen molar-refractivity contribution in [2.75, 3.05) is 0 Å². The minimum Gasteiger partial charge on any atom is -0.508 e. The van der Waals surface area contributed by atoms with Gasteiger partial charge in [-0.1, -0.05) is 42.5 Å². The molecule has 0 radical (unpaired) electrons. The Morgan fingerprint density at radius 1 is 0.718 bits per heavy atom. The zero-order valence-corrected chi connectivity index (χ0v) is 20.6. The lowest BCUT2D eigenvalue weighted by atomic mass is 10.0. The van der Waals surface area contributed by atoms with Gasteiger partial charge in [0.25, 0.3) is 0 Å². The molecule has 0 atom stereocenters. The Morgan fingerprint density at radius 3 is 1.82 bits per heavy atom. The third-order valence-electron chi connectivity index (χ3n) is 5.85. The molecular weight excluding hydrogens is 519 g/mol. The van der Waals surface area contributed by atoms with Gasteiger partial charge in [-0.05, 0) is 60.5 Å². The van der Waals surface area contributed by atoms with Crippen LogP contribution in [0.4, 0.5) is 22.0 Å². The fraction of sp³-hybridized carbons (Fsp3) is 0.200. The third kappa shape index (κ3) is 8.02. The van der Waals surface area contributed by atoms with E-state index < -0.39 is 29.7 Å². The van der Waals surface area contributed by atoms with Crippen molar-refractivity contribution < 1.29 is 41.3 Å². The number of halogens is 5. The van der Waals surface area contributed by atoms with Gasteiger partial charge in [0.1, 0.15) is 28.9 Å². The first kappa shape index (κ1) is 28.1. The third-order valence-corrected chi connectivity index (χ3v) is 5.85. The predicted octanol–water partition coefficient (Wildman–Crippen LogP) is 8.17. The normalized spacial score (nSPS) is 11.6. The van der Waals surface area contributed by atoms with Gasteiger partial charge in [0.2, 0.25) is 0 Å². The van der Waals surface area contributed by atoms with Crippen molar-refractivity contribution in [3.8, 4) is 17.2 Å². The summed E-state index contributed by atoms with van der Waals surface area (Å²) in [4.78, 5) is 0. The molecule has 39 heavy (non-hydrogen) atoms. The summed E-state index contributed by atoms with van der Waals surface area (Å²) in [6.07, 6.45) is -5.39. The number of aromatic hydroxyl groups is 1. The van der Waals surface area contributed by atoms with Crippen LogP contribution in [0.15, 0.2) is 91.0 Å². The van der Waals surface area contributed by atoms with Crippen LogP contribution < -0.4 is 4.74 Å². The fourth-order valence-corrected chi connectivity index (χ4v) is 3.78. The second kappa shape index (κ2) is 12.7. The van der Waals surface area contributed by atoms with E-state index in [9.17, 15) is 27.1 Å². The van der Waals surface area contributed by atoms with Crippen molar-refractivity contribution in [3.63, 3.8) is 0 Å². The first-order valence-electron chi connectivity index (χ1n) is 12.1. The van der Waals surface area contributed by atoms with Gasteiger partial charge in [-0.25, -0.2) is 8.78 Å². The van der Waals surface area contributed by atoms with Crippen molar-refractivity contribution in [3.05, 3.63) is 125 Å². The molecule has 0 bridgehead atoms. The number of alkyl halides is 3. The minimum absolute atomic E-state index is 0.0438. The molecule has 0 amide bonds. The number of phenolic OH excluding ortho intramolecular Hbond substituents is 1. The van der Waals surface area contributed by atoms with E-state index in [4.69, 9.17) is 14.2 Å². The molecule has 0 unspecified atom stereocenters. The van der Waals surface area contributed by atoms with Crippen LogP contribution in [-0.4, -0.2) is 11.4 Å². The van der Waals surface area contributed by atoms with E-state index >= 15 is 0 Å². The van der Waals surface area contributed by atoms with Gasteiger partial charge in [0.05, 0.1) is 18.8 Å². The first-order valence-corrected chi connectivity index (χ1v) is 12.1. The molecule has 0 fully saturated rings. The predicted molar refractivity (Wildman–Crippen MR) is 134 cm³/mol. The summed E-state index contributed by atoms with van der Waals surface area (Å²) >= 11 is 0. The van der Waals surface area contributed by atoms with Crippen LogP contribution in [0.25, 0.3) is 0 Å². The Labute approximate surface area is 222 Å². The van der Waals surface area contributed by atoms with Gasteiger partial charge in [0, 0.05) is 17.5 Å². The minimum atomic E-state index is -4.69. The van der Waals surface area contributed by atoms with E-state index in [0.29, 0.717) is 5.56 Å². The number of aryl methyl sites for hydroxylation is 1. The van der Waals surface area contributed by atoms with Crippen LogP contribution in [0.2, 0.25) is 0 Å². The molecule has 0 heterocycles. The molecule has 4 rings (SSSR count). The van der Waals surface area contributed by atoms with Crippen LogP contribution in [0, 0.1) is 11.6 Å². The van der Waals surface area contributed by atoms with Crippen molar-refractivity contribution in [1.29, 1.82) is 0 Å². The fourth-order valence-electron chi connectivity index (χ4n) is 3.78. The van der Waals surface area contributed by atoms with Crippen molar-refractivity contribution in [2.24, 2.45) is 0 Å². The highest BCUT2D eigenvalue weighted by Gasteiger charge is 2.35. The molecule has 0 saturated heterocycles. The molecule has 9 heteroatoms. The van der Waals surface area contributed by atoms with Crippen molar-refractivity contribution in [2.45, 2.75) is 38.5 Å². The molecule has 0 aliphatic carbocycles. The number of ether oxygens (including phenoxy) is 3. The Kier molecular flexibility index (Phi) is 9.16. The Balaban J connectivity index is 1.48. The maximum Gasteiger partial charge on any atom is 0.419 e. The lowest BCUT2D eigenvalue weighted by molar-refractivity contribution is -0.160. The number of hydrogen-bond donors (Lipinski definition) is 1. The molecule has 4 aromatic carbocycles. The van der Waals surface area contributed by atoms with Crippen molar-refractivity contribution >= 4 is 0 Å². The molecular formula is C30H25F5O4. The quantitative estimate of drug-likeness (QED) is 0.153. The molecule has 0 aliphatic heterocycles. The lowest BCUT2D eigenvalue weighted by Gasteiger charge is -2.20. The summed E-state index contributed by atoms with van der Waals surface area (Å²) in [7, 11) is 0. The average Bonchev–Trinajstić information content (AvgIpc) is 2.91. The first-order chi connectivity index (χ1) is 18.7. The molecule has 0 saturated carbocycles. The monoisotopic (exact) mass is 544 g/mol. The maximum absolute atomic E-state index is 14.1. The van der Waals surface area contributed by atoms with Gasteiger partial charge in [0.15, 0.2) is 6.29 Å². The van der Waals surface area contributed by atoms with Crippen LogP contribution in [-0.2, 0) is 35.3 Å². The number of phenols is 1. The van der Waals surface area contributed by atoms with Gasteiger partial charge < -0.3 is 19.3 Å². The average molecular weight is 545 g/mol. The Bertz CT molecular complexity index is 1320. The topological polar surface area (TPSA) is 47.9 Å². The standard InChI is InChI=1S/C30H25F5O4/c31-26-7-3-1-5-21(26)18-37-29(38-19-22-6-2-4-8-27(22)32)16-10-20-9-15-28(25(17-20)30(33,34)35)39-24-13-11-23(36)12-14-24/h1-9,11-15,17,29,36H,10,16,18-19H2. The summed E-state index contributed by atoms with van der Waals surface area (Å²) in [5, 5.41) is 9.39. The van der Waals surface area contributed by atoms with Gasteiger partial charge in [-0.2, -0.15) is 13.2 Å². The zero-order chi connectivity index (χ0) is 27.8. The van der Waals surface area contributed by atoms with Crippen LogP contribution in [0.3, 0.4) is 0 Å². The lowest BCUT2D eigenvalue weighted by Crippen LogP contribution is -2.19. The second-order valence-corrected chi connectivity index (χ2v) is 8.70. The highest BCUT2D eigenvalue weighted by Crippen LogP contribution is 2.39.